The van der Waals surface area contributed by atoms with Gasteiger partial charge in [-0.3, -0.25) is 4.79 Å². The van der Waals surface area contributed by atoms with Crippen molar-refractivity contribution in [1.82, 2.24) is 0 Å². The number of benzene rings is 2. The number of thioether (sulfide) groups is 1. The first-order valence-corrected chi connectivity index (χ1v) is 7.04. The summed E-state index contributed by atoms with van der Waals surface area (Å²) in [5.74, 6) is 0.373. The molecule has 2 aromatic carbocycles. The highest BCUT2D eigenvalue weighted by molar-refractivity contribution is 8.00. The molecule has 0 saturated heterocycles. The van der Waals surface area contributed by atoms with Crippen LogP contribution in [0, 0.1) is 0 Å². The van der Waals surface area contributed by atoms with E-state index in [0.717, 1.165) is 16.1 Å². The Labute approximate surface area is 117 Å². The number of carbonyl (C=O) groups excluding carboxylic acids is 1. The molecule has 0 heterocycles. The molecular formula is C15H16N2OS. The van der Waals surface area contributed by atoms with Crippen LogP contribution >= 0.6 is 11.8 Å². The van der Waals surface area contributed by atoms with E-state index >= 15 is 0 Å². The lowest BCUT2D eigenvalue weighted by Crippen LogP contribution is -2.16. The number of para-hydroxylation sites is 1. The molecule has 0 saturated carbocycles. The zero-order chi connectivity index (χ0) is 13.5. The molecule has 3 N–H and O–H groups in total. The largest absolute Gasteiger partial charge is 0.326 e. The van der Waals surface area contributed by atoms with E-state index in [1.807, 2.05) is 54.6 Å². The number of carbonyl (C=O) groups is 1. The number of hydrogen-bond donors (Lipinski definition) is 2. The van der Waals surface area contributed by atoms with Crippen LogP contribution in [-0.2, 0) is 11.3 Å². The SMILES string of the molecule is NCc1ccccc1NC(=O)CSc1ccccc1. The highest BCUT2D eigenvalue weighted by atomic mass is 32.2. The summed E-state index contributed by atoms with van der Waals surface area (Å²) in [6, 6.07) is 17.5. The van der Waals surface area contributed by atoms with Gasteiger partial charge in [0.25, 0.3) is 0 Å². The molecule has 3 nitrogen and oxygen atoms in total. The van der Waals surface area contributed by atoms with Gasteiger partial charge in [0.15, 0.2) is 0 Å². The van der Waals surface area contributed by atoms with E-state index < -0.39 is 0 Å². The van der Waals surface area contributed by atoms with E-state index in [0.29, 0.717) is 12.3 Å². The third-order valence-corrected chi connectivity index (χ3v) is 3.64. The first kappa shape index (κ1) is 13.6. The number of anilines is 1. The summed E-state index contributed by atoms with van der Waals surface area (Å²) in [6.07, 6.45) is 0. The lowest BCUT2D eigenvalue weighted by atomic mass is 10.2. The Kier molecular flexibility index (Phi) is 5.01. The average Bonchev–Trinajstić information content (AvgIpc) is 2.47. The summed E-state index contributed by atoms with van der Waals surface area (Å²) >= 11 is 1.52. The normalized spacial score (nSPS) is 10.2. The zero-order valence-electron chi connectivity index (χ0n) is 10.5. The minimum atomic E-state index is -0.0187. The first-order chi connectivity index (χ1) is 9.29. The zero-order valence-corrected chi connectivity index (χ0v) is 11.3. The van der Waals surface area contributed by atoms with Gasteiger partial charge in [-0.2, -0.15) is 0 Å². The smallest absolute Gasteiger partial charge is 0.234 e. The van der Waals surface area contributed by atoms with Crippen LogP contribution in [0.15, 0.2) is 59.5 Å². The number of hydrogen-bond acceptors (Lipinski definition) is 3. The van der Waals surface area contributed by atoms with Gasteiger partial charge in [-0.25, -0.2) is 0 Å². The van der Waals surface area contributed by atoms with Crippen LogP contribution in [0.2, 0.25) is 0 Å². The predicted octanol–water partition coefficient (Wildman–Crippen LogP) is 2.88. The molecule has 0 aliphatic heterocycles. The summed E-state index contributed by atoms with van der Waals surface area (Å²) in [5, 5.41) is 2.89. The van der Waals surface area contributed by atoms with Crippen LogP contribution in [0.1, 0.15) is 5.56 Å². The highest BCUT2D eigenvalue weighted by Crippen LogP contribution is 2.18. The molecule has 98 valence electrons. The molecule has 19 heavy (non-hydrogen) atoms. The van der Waals surface area contributed by atoms with E-state index in [9.17, 15) is 4.79 Å². The van der Waals surface area contributed by atoms with Crippen molar-refractivity contribution in [3.63, 3.8) is 0 Å². The van der Waals surface area contributed by atoms with Gasteiger partial charge in [-0.1, -0.05) is 36.4 Å². The molecule has 0 aliphatic carbocycles. The Morgan fingerprint density at radius 2 is 1.74 bits per heavy atom. The Bertz CT molecular complexity index is 543. The van der Waals surface area contributed by atoms with Crippen molar-refractivity contribution in [2.45, 2.75) is 11.4 Å². The van der Waals surface area contributed by atoms with Gasteiger partial charge in [0.1, 0.15) is 0 Å². The van der Waals surface area contributed by atoms with Crippen molar-refractivity contribution in [1.29, 1.82) is 0 Å². The van der Waals surface area contributed by atoms with Crippen molar-refractivity contribution < 1.29 is 4.79 Å². The van der Waals surface area contributed by atoms with E-state index in [-0.39, 0.29) is 5.91 Å². The topological polar surface area (TPSA) is 55.1 Å². The summed E-state index contributed by atoms with van der Waals surface area (Å²) in [5.41, 5.74) is 7.37. The summed E-state index contributed by atoms with van der Waals surface area (Å²) in [7, 11) is 0. The first-order valence-electron chi connectivity index (χ1n) is 6.05. The van der Waals surface area contributed by atoms with E-state index in [1.165, 1.54) is 11.8 Å². The number of amides is 1. The van der Waals surface area contributed by atoms with Crippen LogP contribution in [0.4, 0.5) is 5.69 Å². The molecule has 0 fully saturated rings. The van der Waals surface area contributed by atoms with Gasteiger partial charge in [0.05, 0.1) is 5.75 Å². The molecular weight excluding hydrogens is 256 g/mol. The monoisotopic (exact) mass is 272 g/mol. The van der Waals surface area contributed by atoms with E-state index in [1.54, 1.807) is 0 Å². The number of nitrogens with one attached hydrogen (secondary N) is 1. The van der Waals surface area contributed by atoms with Crippen molar-refractivity contribution >= 4 is 23.4 Å². The number of nitrogens with two attached hydrogens (primary N) is 1. The van der Waals surface area contributed by atoms with Gasteiger partial charge in [-0.15, -0.1) is 11.8 Å². The van der Waals surface area contributed by atoms with Crippen molar-refractivity contribution in [3.05, 3.63) is 60.2 Å². The van der Waals surface area contributed by atoms with E-state index in [2.05, 4.69) is 5.32 Å². The van der Waals surface area contributed by atoms with Crippen LogP contribution in [-0.4, -0.2) is 11.7 Å². The molecule has 0 aromatic heterocycles. The minimum absolute atomic E-state index is 0.0187. The van der Waals surface area contributed by atoms with Gasteiger partial charge in [0, 0.05) is 17.1 Å². The Hall–Kier alpha value is -1.78. The lowest BCUT2D eigenvalue weighted by Gasteiger charge is -2.09. The maximum atomic E-state index is 11.9. The van der Waals surface area contributed by atoms with Crippen LogP contribution in [0.5, 0.6) is 0 Å². The average molecular weight is 272 g/mol. The third kappa shape index (κ3) is 4.12. The highest BCUT2D eigenvalue weighted by Gasteiger charge is 2.06. The molecule has 0 aliphatic rings. The molecule has 0 unspecified atom stereocenters. The molecule has 0 spiro atoms. The fourth-order valence-corrected chi connectivity index (χ4v) is 2.39. The quantitative estimate of drug-likeness (QED) is 0.823. The van der Waals surface area contributed by atoms with Gasteiger partial charge >= 0.3 is 0 Å². The fraction of sp³-hybridized carbons (Fsp3) is 0.133. The second-order valence-electron chi connectivity index (χ2n) is 4.01. The van der Waals surface area contributed by atoms with E-state index in [4.69, 9.17) is 5.73 Å². The molecule has 0 atom stereocenters. The second-order valence-corrected chi connectivity index (χ2v) is 5.06. The molecule has 4 heteroatoms. The van der Waals surface area contributed by atoms with Crippen LogP contribution < -0.4 is 11.1 Å². The second kappa shape index (κ2) is 6.97. The Morgan fingerprint density at radius 3 is 2.47 bits per heavy atom. The molecule has 0 bridgehead atoms. The third-order valence-electron chi connectivity index (χ3n) is 2.62. The molecule has 2 rings (SSSR count). The molecule has 0 radical (unpaired) electrons. The summed E-state index contributed by atoms with van der Waals surface area (Å²) in [4.78, 5) is 13.0. The van der Waals surface area contributed by atoms with Crippen molar-refractivity contribution in [3.8, 4) is 0 Å². The Morgan fingerprint density at radius 1 is 1.05 bits per heavy atom. The van der Waals surface area contributed by atoms with Crippen molar-refractivity contribution in [2.24, 2.45) is 5.73 Å². The van der Waals surface area contributed by atoms with Crippen LogP contribution in [0.3, 0.4) is 0 Å². The predicted molar refractivity (Wildman–Crippen MR) is 80.1 cm³/mol. The fourth-order valence-electron chi connectivity index (χ4n) is 1.67. The maximum absolute atomic E-state index is 11.9. The standard InChI is InChI=1S/C15H16N2OS/c16-10-12-6-4-5-9-14(12)17-15(18)11-19-13-7-2-1-3-8-13/h1-9H,10-11,16H2,(H,17,18). The van der Waals surface area contributed by atoms with Crippen molar-refractivity contribution in [2.75, 3.05) is 11.1 Å². The summed E-state index contributed by atoms with van der Waals surface area (Å²) in [6.45, 7) is 0.419. The van der Waals surface area contributed by atoms with Gasteiger partial charge in [-0.05, 0) is 23.8 Å². The maximum Gasteiger partial charge on any atom is 0.234 e. The van der Waals surface area contributed by atoms with Gasteiger partial charge in [0.2, 0.25) is 5.91 Å². The molecule has 1 amide bonds. The summed E-state index contributed by atoms with van der Waals surface area (Å²) < 4.78 is 0. The van der Waals surface area contributed by atoms with Crippen LogP contribution in [0.25, 0.3) is 0 Å². The minimum Gasteiger partial charge on any atom is -0.326 e. The number of rotatable bonds is 5. The Balaban J connectivity index is 1.91. The van der Waals surface area contributed by atoms with Gasteiger partial charge < -0.3 is 11.1 Å². The molecule has 2 aromatic rings. The lowest BCUT2D eigenvalue weighted by molar-refractivity contribution is -0.113.